The van der Waals surface area contributed by atoms with Gasteiger partial charge in [0.15, 0.2) is 11.9 Å². The van der Waals surface area contributed by atoms with Crippen molar-refractivity contribution in [2.45, 2.75) is 25.9 Å². The van der Waals surface area contributed by atoms with Crippen LogP contribution < -0.4 is 9.64 Å². The van der Waals surface area contributed by atoms with Crippen molar-refractivity contribution in [2.24, 2.45) is 0 Å². The van der Waals surface area contributed by atoms with E-state index in [0.29, 0.717) is 35.7 Å². The smallest absolute Gasteiger partial charge is 0.267 e. The molecule has 1 unspecified atom stereocenters. The average Bonchev–Trinajstić information content (AvgIpc) is 2.42. The third kappa shape index (κ3) is 2.73. The topological polar surface area (TPSA) is 46.6 Å². The summed E-state index contributed by atoms with van der Waals surface area (Å²) in [7, 11) is 1.69. The number of alkyl halides is 1. The highest BCUT2D eigenvalue weighted by Gasteiger charge is 2.29. The van der Waals surface area contributed by atoms with Crippen LogP contribution in [0, 0.1) is 0 Å². The molecule has 4 nitrogen and oxygen atoms in total. The van der Waals surface area contributed by atoms with Crippen LogP contribution in [0.2, 0.25) is 0 Å². The molecule has 1 aliphatic heterocycles. The third-order valence-corrected chi connectivity index (χ3v) is 3.43. The molecule has 0 spiro atoms. The number of anilines is 1. The van der Waals surface area contributed by atoms with Gasteiger partial charge in [-0.15, -0.1) is 11.6 Å². The highest BCUT2D eigenvalue weighted by atomic mass is 35.5. The number of Topliss-reactive ketones (excluding diaryl/α,β-unsaturated/α-hetero) is 1. The number of ether oxygens (including phenoxy) is 1. The van der Waals surface area contributed by atoms with Crippen LogP contribution in [-0.2, 0) is 4.79 Å². The zero-order valence-electron chi connectivity index (χ0n) is 11.0. The first-order valence-corrected chi connectivity index (χ1v) is 6.75. The minimum Gasteiger partial charge on any atom is -0.479 e. The molecule has 0 fully saturated rings. The number of fused-ring (bicyclic) bond motifs is 1. The summed E-state index contributed by atoms with van der Waals surface area (Å²) in [5.41, 5.74) is 1.22. The Kier molecular flexibility index (Phi) is 4.10. The number of amides is 1. The second-order valence-electron chi connectivity index (χ2n) is 4.56. The van der Waals surface area contributed by atoms with Crippen molar-refractivity contribution in [2.75, 3.05) is 17.8 Å². The number of rotatable bonds is 4. The van der Waals surface area contributed by atoms with Crippen molar-refractivity contribution < 1.29 is 14.3 Å². The van der Waals surface area contributed by atoms with E-state index in [2.05, 4.69) is 0 Å². The molecule has 0 saturated carbocycles. The van der Waals surface area contributed by atoms with Gasteiger partial charge in [-0.05, 0) is 31.5 Å². The largest absolute Gasteiger partial charge is 0.479 e. The fourth-order valence-electron chi connectivity index (χ4n) is 2.06. The maximum absolute atomic E-state index is 11.9. The number of nitrogens with zero attached hydrogens (tertiary/aromatic N) is 1. The lowest BCUT2D eigenvalue weighted by atomic mass is 10.0. The van der Waals surface area contributed by atoms with Gasteiger partial charge in [-0.3, -0.25) is 9.59 Å². The van der Waals surface area contributed by atoms with Gasteiger partial charge in [0.1, 0.15) is 5.75 Å². The predicted molar refractivity (Wildman–Crippen MR) is 74.2 cm³/mol. The van der Waals surface area contributed by atoms with Crippen LogP contribution >= 0.6 is 11.6 Å². The van der Waals surface area contributed by atoms with Crippen LogP contribution in [-0.4, -0.2) is 30.7 Å². The first-order chi connectivity index (χ1) is 9.04. The Hall–Kier alpha value is -1.55. The molecular weight excluding hydrogens is 266 g/mol. The lowest BCUT2D eigenvalue weighted by Crippen LogP contribution is -2.42. The van der Waals surface area contributed by atoms with E-state index in [9.17, 15) is 9.59 Å². The Morgan fingerprint density at radius 1 is 1.47 bits per heavy atom. The number of halogens is 1. The first-order valence-electron chi connectivity index (χ1n) is 6.22. The third-order valence-electron chi connectivity index (χ3n) is 3.16. The molecule has 1 aliphatic rings. The second-order valence-corrected chi connectivity index (χ2v) is 4.93. The van der Waals surface area contributed by atoms with E-state index in [0.717, 1.165) is 0 Å². The molecule has 1 amide bonds. The Morgan fingerprint density at radius 2 is 2.21 bits per heavy atom. The summed E-state index contributed by atoms with van der Waals surface area (Å²) in [4.78, 5) is 25.3. The monoisotopic (exact) mass is 281 g/mol. The van der Waals surface area contributed by atoms with E-state index in [1.165, 1.54) is 4.90 Å². The standard InChI is InChI=1S/C14H16ClNO3/c1-9-14(18)16(2)11-8-10(5-6-13(11)19-9)12(17)4-3-7-15/h5-6,8-9H,3-4,7H2,1-2H3. The van der Waals surface area contributed by atoms with E-state index < -0.39 is 6.10 Å². The average molecular weight is 282 g/mol. The number of hydrogen-bond acceptors (Lipinski definition) is 3. The maximum atomic E-state index is 11.9. The Morgan fingerprint density at radius 3 is 2.89 bits per heavy atom. The van der Waals surface area contributed by atoms with Gasteiger partial charge in [-0.1, -0.05) is 0 Å². The van der Waals surface area contributed by atoms with Crippen LogP contribution in [0.25, 0.3) is 0 Å². The lowest BCUT2D eigenvalue weighted by molar-refractivity contribution is -0.125. The van der Waals surface area contributed by atoms with E-state index in [-0.39, 0.29) is 11.7 Å². The molecule has 0 bridgehead atoms. The summed E-state index contributed by atoms with van der Waals surface area (Å²) in [5, 5.41) is 0. The summed E-state index contributed by atoms with van der Waals surface area (Å²) >= 11 is 5.58. The van der Waals surface area contributed by atoms with E-state index >= 15 is 0 Å². The number of carbonyl (C=O) groups excluding carboxylic acids is 2. The summed E-state index contributed by atoms with van der Waals surface area (Å²) < 4.78 is 5.51. The van der Waals surface area contributed by atoms with Gasteiger partial charge < -0.3 is 9.64 Å². The number of carbonyl (C=O) groups is 2. The SMILES string of the molecule is CC1Oc2ccc(C(=O)CCCCl)cc2N(C)C1=O. The molecule has 0 N–H and O–H groups in total. The Bertz CT molecular complexity index is 515. The summed E-state index contributed by atoms with van der Waals surface area (Å²) in [5.74, 6) is 1.01. The quantitative estimate of drug-likeness (QED) is 0.630. The number of likely N-dealkylation sites (N-methyl/N-ethyl adjacent to an activating group) is 1. The fourth-order valence-corrected chi connectivity index (χ4v) is 2.19. The Labute approximate surface area is 117 Å². The molecular formula is C14H16ClNO3. The van der Waals surface area contributed by atoms with Gasteiger partial charge in [0, 0.05) is 24.9 Å². The van der Waals surface area contributed by atoms with Crippen molar-refractivity contribution in [3.05, 3.63) is 23.8 Å². The predicted octanol–water partition coefficient (Wildman–Crippen LogP) is 2.63. The molecule has 2 rings (SSSR count). The second kappa shape index (κ2) is 5.61. The number of ketones is 1. The van der Waals surface area contributed by atoms with Crippen molar-refractivity contribution in [1.29, 1.82) is 0 Å². The molecule has 1 heterocycles. The molecule has 102 valence electrons. The zero-order chi connectivity index (χ0) is 14.0. The summed E-state index contributed by atoms with van der Waals surface area (Å²) in [6, 6.07) is 5.17. The summed E-state index contributed by atoms with van der Waals surface area (Å²) in [6.45, 7) is 1.71. The van der Waals surface area contributed by atoms with Gasteiger partial charge in [0.25, 0.3) is 5.91 Å². The normalized spacial score (nSPS) is 17.9. The van der Waals surface area contributed by atoms with E-state index in [1.54, 1.807) is 32.2 Å². The van der Waals surface area contributed by atoms with Crippen molar-refractivity contribution in [3.8, 4) is 5.75 Å². The highest BCUT2D eigenvalue weighted by molar-refractivity contribution is 6.18. The van der Waals surface area contributed by atoms with E-state index in [4.69, 9.17) is 16.3 Å². The number of hydrogen-bond donors (Lipinski definition) is 0. The van der Waals surface area contributed by atoms with Crippen LogP contribution in [0.4, 0.5) is 5.69 Å². The van der Waals surface area contributed by atoms with Gasteiger partial charge in [0.05, 0.1) is 5.69 Å². The number of benzene rings is 1. The molecule has 1 atom stereocenters. The highest BCUT2D eigenvalue weighted by Crippen LogP contribution is 2.34. The summed E-state index contributed by atoms with van der Waals surface area (Å²) in [6.07, 6.45) is 0.576. The van der Waals surface area contributed by atoms with Crippen molar-refractivity contribution in [1.82, 2.24) is 0 Å². The molecule has 5 heteroatoms. The lowest BCUT2D eigenvalue weighted by Gasteiger charge is -2.30. The molecule has 0 radical (unpaired) electrons. The molecule has 0 aromatic heterocycles. The zero-order valence-corrected chi connectivity index (χ0v) is 11.7. The Balaban J connectivity index is 2.28. The van der Waals surface area contributed by atoms with Crippen molar-refractivity contribution in [3.63, 3.8) is 0 Å². The van der Waals surface area contributed by atoms with Gasteiger partial charge >= 0.3 is 0 Å². The molecule has 19 heavy (non-hydrogen) atoms. The van der Waals surface area contributed by atoms with Gasteiger partial charge in [-0.2, -0.15) is 0 Å². The van der Waals surface area contributed by atoms with Crippen LogP contribution in [0.5, 0.6) is 5.75 Å². The van der Waals surface area contributed by atoms with Crippen molar-refractivity contribution >= 4 is 29.0 Å². The minimum absolute atomic E-state index is 0.0305. The van der Waals surface area contributed by atoms with E-state index in [1.807, 2.05) is 0 Å². The van der Waals surface area contributed by atoms with Gasteiger partial charge in [0.2, 0.25) is 0 Å². The first kappa shape index (κ1) is 13.9. The van der Waals surface area contributed by atoms with Crippen LogP contribution in [0.1, 0.15) is 30.1 Å². The van der Waals surface area contributed by atoms with Crippen LogP contribution in [0.3, 0.4) is 0 Å². The molecule has 1 aromatic rings. The molecule has 1 aromatic carbocycles. The molecule has 0 aliphatic carbocycles. The maximum Gasteiger partial charge on any atom is 0.267 e. The fraction of sp³-hybridized carbons (Fsp3) is 0.429. The van der Waals surface area contributed by atoms with Gasteiger partial charge in [-0.25, -0.2) is 0 Å². The molecule has 0 saturated heterocycles. The van der Waals surface area contributed by atoms with Crippen LogP contribution in [0.15, 0.2) is 18.2 Å². The minimum atomic E-state index is -0.490.